The largest absolute Gasteiger partial charge is 0.497 e. The van der Waals surface area contributed by atoms with E-state index in [-0.39, 0.29) is 30.7 Å². The third kappa shape index (κ3) is 8.46. The van der Waals surface area contributed by atoms with Crippen LogP contribution < -0.4 is 24.8 Å². The van der Waals surface area contributed by atoms with E-state index in [0.29, 0.717) is 63.4 Å². The fourth-order valence-electron chi connectivity index (χ4n) is 8.60. The van der Waals surface area contributed by atoms with Crippen LogP contribution in [-0.4, -0.2) is 109 Å². The number of alkyl carbamates (subject to hydrolysis) is 1. The fourth-order valence-corrected chi connectivity index (χ4v) is 9.96. The lowest BCUT2D eigenvalue weighted by Gasteiger charge is -2.33. The number of ether oxygens (including phenoxy) is 3. The van der Waals surface area contributed by atoms with E-state index in [4.69, 9.17) is 14.2 Å². The molecule has 4 fully saturated rings. The third-order valence-electron chi connectivity index (χ3n) is 11.7. The summed E-state index contributed by atoms with van der Waals surface area (Å²) in [7, 11) is -0.717. The molecule has 2 saturated carbocycles. The van der Waals surface area contributed by atoms with Gasteiger partial charge in [-0.2, -0.15) is 0 Å². The molecule has 2 saturated heterocycles. The summed E-state index contributed by atoms with van der Waals surface area (Å²) in [4.78, 5) is 64.7. The van der Waals surface area contributed by atoms with Gasteiger partial charge < -0.3 is 29.7 Å². The molecule has 304 valence electrons. The molecule has 6 atom stereocenters. The minimum Gasteiger partial charge on any atom is -0.497 e. The van der Waals surface area contributed by atoms with Gasteiger partial charge in [-0.25, -0.2) is 18.2 Å². The van der Waals surface area contributed by atoms with Crippen molar-refractivity contribution in [2.24, 2.45) is 17.8 Å². The topological polar surface area (TPSA) is 186 Å². The normalized spacial score (nSPS) is 29.2. The number of hydrogen-bond donors (Lipinski definition) is 3. The van der Waals surface area contributed by atoms with Crippen molar-refractivity contribution in [3.63, 3.8) is 0 Å². The van der Waals surface area contributed by atoms with Gasteiger partial charge in [-0.15, -0.1) is 0 Å². The van der Waals surface area contributed by atoms with Crippen LogP contribution in [0.2, 0.25) is 0 Å². The number of aromatic nitrogens is 1. The number of nitrogens with one attached hydrogen (secondary N) is 3. The average molecular weight is 795 g/mol. The first-order valence-electron chi connectivity index (χ1n) is 19.7. The average Bonchev–Trinajstić information content (AvgIpc) is 4.04. The van der Waals surface area contributed by atoms with Crippen LogP contribution in [0, 0.1) is 17.8 Å². The van der Waals surface area contributed by atoms with Crippen molar-refractivity contribution in [1.29, 1.82) is 0 Å². The lowest BCUT2D eigenvalue weighted by molar-refractivity contribution is -0.142. The molecule has 3 aliphatic heterocycles. The summed E-state index contributed by atoms with van der Waals surface area (Å²) in [5.74, 6) is -1.33. The second-order valence-electron chi connectivity index (χ2n) is 17.0. The molecule has 2 aromatic rings. The highest BCUT2D eigenvalue weighted by Gasteiger charge is 2.63. The molecule has 4 heterocycles. The number of rotatable bonds is 8. The van der Waals surface area contributed by atoms with E-state index in [2.05, 4.69) is 25.2 Å². The Morgan fingerprint density at radius 3 is 2.52 bits per heavy atom. The zero-order valence-corrected chi connectivity index (χ0v) is 33.7. The number of hydrogen-bond acceptors (Lipinski definition) is 11. The van der Waals surface area contributed by atoms with Crippen LogP contribution in [0.1, 0.15) is 77.7 Å². The van der Waals surface area contributed by atoms with Crippen LogP contribution in [0.25, 0.3) is 10.9 Å². The van der Waals surface area contributed by atoms with E-state index >= 15 is 0 Å². The number of nitrogens with zero attached hydrogens (tertiary/aromatic N) is 3. The molecule has 16 heteroatoms. The Hall–Kier alpha value is -4.44. The van der Waals surface area contributed by atoms with Crippen LogP contribution in [0.15, 0.2) is 36.4 Å². The van der Waals surface area contributed by atoms with Crippen molar-refractivity contribution in [1.82, 2.24) is 30.1 Å². The van der Waals surface area contributed by atoms with Crippen molar-refractivity contribution in [2.45, 2.75) is 107 Å². The first-order valence-corrected chi connectivity index (χ1v) is 21.2. The second-order valence-corrected chi connectivity index (χ2v) is 18.9. The quantitative estimate of drug-likeness (QED) is 0.333. The van der Waals surface area contributed by atoms with E-state index < -0.39 is 62.3 Å². The van der Waals surface area contributed by atoms with Crippen LogP contribution in [0.4, 0.5) is 4.79 Å². The number of sulfonamides is 1. The minimum atomic E-state index is -3.88. The van der Waals surface area contributed by atoms with E-state index in [1.54, 1.807) is 39.9 Å². The first-order chi connectivity index (χ1) is 26.6. The highest BCUT2D eigenvalue weighted by atomic mass is 32.2. The van der Waals surface area contributed by atoms with E-state index in [9.17, 15) is 27.6 Å². The molecule has 1 aromatic heterocycles. The maximum absolute atomic E-state index is 14.8. The summed E-state index contributed by atoms with van der Waals surface area (Å²) in [5, 5.41) is 6.12. The van der Waals surface area contributed by atoms with Gasteiger partial charge in [0.25, 0.3) is 5.91 Å². The number of carbonyl (C=O) groups excluding carboxylic acids is 4. The van der Waals surface area contributed by atoms with E-state index in [0.717, 1.165) is 29.3 Å². The highest BCUT2D eigenvalue weighted by Crippen LogP contribution is 2.47. The van der Waals surface area contributed by atoms with Crippen LogP contribution in [0.5, 0.6) is 11.6 Å². The molecular formula is C40H54N6O9S. The number of likely N-dealkylation sites (tertiary alicyclic amines) is 1. The lowest BCUT2D eigenvalue weighted by atomic mass is 9.93. The molecule has 56 heavy (non-hydrogen) atoms. The summed E-state index contributed by atoms with van der Waals surface area (Å²) in [5.41, 5.74) is -0.548. The summed E-state index contributed by atoms with van der Waals surface area (Å²) in [6.45, 7) is 7.10. The molecule has 5 aliphatic rings. The molecule has 4 amide bonds. The third-order valence-corrected chi connectivity index (χ3v) is 13.5. The molecule has 15 nitrogen and oxygen atoms in total. The van der Waals surface area contributed by atoms with Crippen molar-refractivity contribution in [3.8, 4) is 11.6 Å². The van der Waals surface area contributed by atoms with Gasteiger partial charge in [0.1, 0.15) is 29.0 Å². The maximum atomic E-state index is 14.8. The van der Waals surface area contributed by atoms with E-state index in [1.807, 2.05) is 36.4 Å². The molecule has 7 rings (SSSR count). The van der Waals surface area contributed by atoms with Gasteiger partial charge in [-0.3, -0.25) is 24.0 Å². The smallest absolute Gasteiger partial charge is 0.408 e. The lowest BCUT2D eigenvalue weighted by Crippen LogP contribution is -2.60. The molecular weight excluding hydrogens is 741 g/mol. The molecule has 3 N–H and O–H groups in total. The Morgan fingerprint density at radius 2 is 1.80 bits per heavy atom. The van der Waals surface area contributed by atoms with Crippen LogP contribution in [-0.2, 0) is 35.7 Å². The molecule has 0 bridgehead atoms. The Bertz CT molecular complexity index is 2010. The second kappa shape index (κ2) is 15.5. The number of methoxy groups -OCH3 is 2. The maximum Gasteiger partial charge on any atom is 0.408 e. The predicted molar refractivity (Wildman–Crippen MR) is 207 cm³/mol. The van der Waals surface area contributed by atoms with Gasteiger partial charge in [-0.1, -0.05) is 25.0 Å². The van der Waals surface area contributed by atoms with Crippen LogP contribution >= 0.6 is 0 Å². The Kier molecular flexibility index (Phi) is 11.0. The van der Waals surface area contributed by atoms with Crippen molar-refractivity contribution in [3.05, 3.63) is 42.0 Å². The summed E-state index contributed by atoms with van der Waals surface area (Å²) < 4.78 is 44.6. The predicted octanol–water partition coefficient (Wildman–Crippen LogP) is 3.41. The van der Waals surface area contributed by atoms with E-state index in [1.165, 1.54) is 0 Å². The molecule has 0 spiro atoms. The number of allylic oxidation sites excluding steroid dienone is 1. The zero-order chi connectivity index (χ0) is 40.0. The van der Waals surface area contributed by atoms with Gasteiger partial charge >= 0.3 is 6.09 Å². The number of fused-ring (bicyclic) bond motifs is 5. The van der Waals surface area contributed by atoms with Gasteiger partial charge in [-0.05, 0) is 82.9 Å². The van der Waals surface area contributed by atoms with Gasteiger partial charge in [0.2, 0.25) is 27.7 Å². The molecule has 2 aliphatic carbocycles. The standard InChI is InChI=1S/C40H54N6O9S/c1-39(2,3)55-38(50)42-31-12-10-8-6-7-9-11-26-19-40(26,37(49)44-56(51,52)28-14-15-28)43-35(47)34-30-23-45(21-25(30)22-46(34)36(31)48)20-24-17-33(54-5)41-32-18-27(53-4)13-16-29(24)32/h9,11,13,16-18,25-26,28,30-31,34H,6-8,10,12,14-15,19-23H2,1-5H3,(H,42,50)(H,43,47)(H,44,49)/b11-9-/t25-,26-,30-,31+,34-,40+/m0/s1. The van der Waals surface area contributed by atoms with Crippen molar-refractivity contribution >= 4 is 44.7 Å². The Balaban J connectivity index is 1.19. The van der Waals surface area contributed by atoms with Crippen molar-refractivity contribution in [2.75, 3.05) is 33.9 Å². The van der Waals surface area contributed by atoms with Gasteiger partial charge in [0, 0.05) is 55.5 Å². The number of amides is 4. The fraction of sp³-hybridized carbons (Fsp3) is 0.625. The highest BCUT2D eigenvalue weighted by molar-refractivity contribution is 7.91. The van der Waals surface area contributed by atoms with Crippen LogP contribution in [0.3, 0.4) is 0 Å². The Labute approximate surface area is 328 Å². The molecule has 0 unspecified atom stereocenters. The zero-order valence-electron chi connectivity index (χ0n) is 32.8. The summed E-state index contributed by atoms with van der Waals surface area (Å²) in [6.07, 6.45) is 7.72. The minimum absolute atomic E-state index is 0.0965. The van der Waals surface area contributed by atoms with Gasteiger partial charge in [0.15, 0.2) is 0 Å². The molecule has 0 radical (unpaired) electrons. The molecule has 1 aromatic carbocycles. The first kappa shape index (κ1) is 39.8. The monoisotopic (exact) mass is 794 g/mol. The SMILES string of the molecule is COc1ccc2c(CN3C[C@H]4CN5C(=O)[C@H](NC(=O)OC(C)(C)C)CCCCC/C=C\[C@H]6C[C@@]6(C(=O)NS(=O)(=O)C6CC6)NC(=O)[C@@H]5[C@H]4C3)cc(OC)nc2c1. The summed E-state index contributed by atoms with van der Waals surface area (Å²) in [6, 6.07) is 5.70. The number of carbonyl (C=O) groups is 4. The summed E-state index contributed by atoms with van der Waals surface area (Å²) >= 11 is 0. The van der Waals surface area contributed by atoms with Crippen molar-refractivity contribution < 1.29 is 41.8 Å². The Morgan fingerprint density at radius 1 is 1.02 bits per heavy atom. The number of pyridine rings is 1. The van der Waals surface area contributed by atoms with Gasteiger partial charge in [0.05, 0.1) is 25.0 Å². The number of benzene rings is 1.